The van der Waals surface area contributed by atoms with Crippen LogP contribution in [0, 0.1) is 13.8 Å². The molecule has 0 aliphatic carbocycles. The Hall–Kier alpha value is -1.43. The summed E-state index contributed by atoms with van der Waals surface area (Å²) in [5.74, 6) is 1.25. The van der Waals surface area contributed by atoms with Gasteiger partial charge in [0.15, 0.2) is 0 Å². The fourth-order valence-corrected chi connectivity index (χ4v) is 2.01. The highest BCUT2D eigenvalue weighted by Crippen LogP contribution is 2.12. The first-order valence-corrected chi connectivity index (χ1v) is 6.20. The van der Waals surface area contributed by atoms with Gasteiger partial charge >= 0.3 is 0 Å². The standard InChI is InChI=1S/C12H23N5O/c1-8(2)15-12(5,11(13)18)6-7-17-10(4)14-9(3)16-17/h8,15H,6-7H2,1-5H3,(H2,13,18). The minimum atomic E-state index is -0.722. The number of carbonyl (C=O) groups excluding carboxylic acids is 1. The molecule has 0 fully saturated rings. The Balaban J connectivity index is 2.74. The summed E-state index contributed by atoms with van der Waals surface area (Å²) in [5.41, 5.74) is 4.76. The Bertz CT molecular complexity index is 426. The van der Waals surface area contributed by atoms with Gasteiger partial charge < -0.3 is 11.1 Å². The van der Waals surface area contributed by atoms with Gasteiger partial charge in [0.1, 0.15) is 11.6 Å². The number of primary amides is 1. The quantitative estimate of drug-likeness (QED) is 0.774. The van der Waals surface area contributed by atoms with E-state index in [9.17, 15) is 4.79 Å². The SMILES string of the molecule is Cc1nc(C)n(CCC(C)(NC(C)C)C(N)=O)n1. The highest BCUT2D eigenvalue weighted by molar-refractivity contribution is 5.84. The van der Waals surface area contributed by atoms with Crippen LogP contribution in [0.3, 0.4) is 0 Å². The van der Waals surface area contributed by atoms with Crippen LogP contribution < -0.4 is 11.1 Å². The lowest BCUT2D eigenvalue weighted by Crippen LogP contribution is -2.56. The molecule has 3 N–H and O–H groups in total. The van der Waals surface area contributed by atoms with E-state index in [0.717, 1.165) is 11.6 Å². The molecule has 1 atom stereocenters. The fraction of sp³-hybridized carbons (Fsp3) is 0.750. The average molecular weight is 253 g/mol. The number of amides is 1. The van der Waals surface area contributed by atoms with E-state index in [-0.39, 0.29) is 11.9 Å². The van der Waals surface area contributed by atoms with Gasteiger partial charge in [0, 0.05) is 12.6 Å². The van der Waals surface area contributed by atoms with Gasteiger partial charge in [-0.2, -0.15) is 5.10 Å². The lowest BCUT2D eigenvalue weighted by Gasteiger charge is -2.29. The number of nitrogens with two attached hydrogens (primary N) is 1. The van der Waals surface area contributed by atoms with Crippen molar-refractivity contribution < 1.29 is 4.79 Å². The van der Waals surface area contributed by atoms with Gasteiger partial charge in [0.2, 0.25) is 5.91 Å². The number of nitrogens with zero attached hydrogens (tertiary/aromatic N) is 3. The molecule has 0 aliphatic heterocycles. The number of hydrogen-bond acceptors (Lipinski definition) is 4. The van der Waals surface area contributed by atoms with Crippen LogP contribution in [0.1, 0.15) is 38.8 Å². The molecule has 1 unspecified atom stereocenters. The first-order chi connectivity index (χ1) is 8.24. The maximum absolute atomic E-state index is 11.6. The van der Waals surface area contributed by atoms with Crippen molar-refractivity contribution in [2.45, 2.75) is 59.2 Å². The zero-order valence-corrected chi connectivity index (χ0v) is 11.8. The van der Waals surface area contributed by atoms with E-state index in [2.05, 4.69) is 15.4 Å². The van der Waals surface area contributed by atoms with Crippen LogP contribution in [0.4, 0.5) is 0 Å². The van der Waals surface area contributed by atoms with E-state index in [1.165, 1.54) is 0 Å². The van der Waals surface area contributed by atoms with E-state index in [1.807, 2.05) is 34.6 Å². The van der Waals surface area contributed by atoms with Gasteiger partial charge in [0.05, 0.1) is 5.54 Å². The molecule has 0 bridgehead atoms. The Morgan fingerprint density at radius 1 is 1.50 bits per heavy atom. The number of aromatic nitrogens is 3. The monoisotopic (exact) mass is 253 g/mol. The van der Waals surface area contributed by atoms with Gasteiger partial charge in [-0.1, -0.05) is 0 Å². The van der Waals surface area contributed by atoms with E-state index in [1.54, 1.807) is 4.68 Å². The lowest BCUT2D eigenvalue weighted by molar-refractivity contribution is -0.124. The molecule has 1 amide bonds. The van der Waals surface area contributed by atoms with Gasteiger partial charge in [-0.05, 0) is 41.0 Å². The van der Waals surface area contributed by atoms with Gasteiger partial charge in [-0.15, -0.1) is 0 Å². The Labute approximate surface area is 108 Å². The van der Waals surface area contributed by atoms with E-state index in [0.29, 0.717) is 13.0 Å². The summed E-state index contributed by atoms with van der Waals surface area (Å²) >= 11 is 0. The minimum absolute atomic E-state index is 0.195. The smallest absolute Gasteiger partial charge is 0.237 e. The molecule has 0 aliphatic rings. The average Bonchev–Trinajstić information content (AvgIpc) is 2.53. The van der Waals surface area contributed by atoms with E-state index < -0.39 is 5.54 Å². The Morgan fingerprint density at radius 3 is 2.50 bits per heavy atom. The van der Waals surface area contributed by atoms with Gasteiger partial charge in [-0.3, -0.25) is 9.48 Å². The van der Waals surface area contributed by atoms with Crippen LogP contribution in [0.25, 0.3) is 0 Å². The van der Waals surface area contributed by atoms with Crippen LogP contribution in [0.15, 0.2) is 0 Å². The summed E-state index contributed by atoms with van der Waals surface area (Å²) in [6, 6.07) is 0.195. The second-order valence-electron chi connectivity index (χ2n) is 5.17. The van der Waals surface area contributed by atoms with Crippen molar-refractivity contribution in [3.05, 3.63) is 11.6 Å². The molecular weight excluding hydrogens is 230 g/mol. The number of carbonyl (C=O) groups is 1. The topological polar surface area (TPSA) is 85.8 Å². The summed E-state index contributed by atoms with van der Waals surface area (Å²) in [4.78, 5) is 15.8. The third-order valence-electron chi connectivity index (χ3n) is 2.94. The first-order valence-electron chi connectivity index (χ1n) is 6.20. The van der Waals surface area contributed by atoms with Crippen molar-refractivity contribution >= 4 is 5.91 Å². The molecule has 0 saturated carbocycles. The second-order valence-corrected chi connectivity index (χ2v) is 5.17. The Kier molecular flexibility index (Phi) is 4.45. The van der Waals surface area contributed by atoms with Gasteiger partial charge in [-0.25, -0.2) is 4.98 Å². The summed E-state index contributed by atoms with van der Waals surface area (Å²) in [7, 11) is 0. The fourth-order valence-electron chi connectivity index (χ4n) is 2.01. The maximum atomic E-state index is 11.6. The predicted octanol–water partition coefficient (Wildman–Crippen LogP) is 0.527. The largest absolute Gasteiger partial charge is 0.368 e. The van der Waals surface area contributed by atoms with Crippen LogP contribution in [0.5, 0.6) is 0 Å². The van der Waals surface area contributed by atoms with Crippen LogP contribution in [-0.4, -0.2) is 32.3 Å². The number of nitrogens with one attached hydrogen (secondary N) is 1. The third-order valence-corrected chi connectivity index (χ3v) is 2.94. The Morgan fingerprint density at radius 2 is 2.11 bits per heavy atom. The molecule has 1 aromatic heterocycles. The number of hydrogen-bond donors (Lipinski definition) is 2. The molecule has 1 aromatic rings. The van der Waals surface area contributed by atoms with E-state index >= 15 is 0 Å². The van der Waals surface area contributed by atoms with E-state index in [4.69, 9.17) is 5.73 Å². The number of rotatable bonds is 6. The van der Waals surface area contributed by atoms with Crippen molar-refractivity contribution in [1.29, 1.82) is 0 Å². The molecular formula is C12H23N5O. The van der Waals surface area contributed by atoms with Crippen LogP contribution in [-0.2, 0) is 11.3 Å². The van der Waals surface area contributed by atoms with Crippen LogP contribution in [0.2, 0.25) is 0 Å². The molecule has 0 spiro atoms. The molecule has 0 aromatic carbocycles. The summed E-state index contributed by atoms with van der Waals surface area (Å²) in [6.07, 6.45) is 0.587. The van der Waals surface area contributed by atoms with Crippen LogP contribution >= 0.6 is 0 Å². The summed E-state index contributed by atoms with van der Waals surface area (Å²) < 4.78 is 1.80. The second kappa shape index (κ2) is 5.48. The normalized spacial score (nSPS) is 14.8. The lowest BCUT2D eigenvalue weighted by atomic mass is 9.96. The molecule has 1 heterocycles. The maximum Gasteiger partial charge on any atom is 0.237 e. The molecule has 0 saturated heterocycles. The third kappa shape index (κ3) is 3.53. The molecule has 6 nitrogen and oxygen atoms in total. The summed E-state index contributed by atoms with van der Waals surface area (Å²) in [5, 5.41) is 7.49. The summed E-state index contributed by atoms with van der Waals surface area (Å²) in [6.45, 7) is 10.2. The van der Waals surface area contributed by atoms with Crippen molar-refractivity contribution in [1.82, 2.24) is 20.1 Å². The zero-order valence-electron chi connectivity index (χ0n) is 11.8. The van der Waals surface area contributed by atoms with Crippen molar-refractivity contribution in [3.8, 4) is 0 Å². The zero-order chi connectivity index (χ0) is 13.9. The first kappa shape index (κ1) is 14.6. The molecule has 1 rings (SSSR count). The molecule has 18 heavy (non-hydrogen) atoms. The highest BCUT2D eigenvalue weighted by atomic mass is 16.1. The molecule has 102 valence electrons. The number of aryl methyl sites for hydroxylation is 3. The van der Waals surface area contributed by atoms with Crippen molar-refractivity contribution in [2.24, 2.45) is 5.73 Å². The highest BCUT2D eigenvalue weighted by Gasteiger charge is 2.31. The van der Waals surface area contributed by atoms with Crippen molar-refractivity contribution in [3.63, 3.8) is 0 Å². The molecule has 6 heteroatoms. The molecule has 0 radical (unpaired) electrons. The van der Waals surface area contributed by atoms with Crippen molar-refractivity contribution in [2.75, 3.05) is 0 Å². The minimum Gasteiger partial charge on any atom is -0.368 e. The van der Waals surface area contributed by atoms with Gasteiger partial charge in [0.25, 0.3) is 0 Å². The predicted molar refractivity (Wildman–Crippen MR) is 70.0 cm³/mol.